The first-order valence-electron chi connectivity index (χ1n) is 6.13. The number of hydrogen-bond acceptors (Lipinski definition) is 3. The van der Waals surface area contributed by atoms with E-state index in [0.29, 0.717) is 16.2 Å². The van der Waals surface area contributed by atoms with Crippen LogP contribution in [0.3, 0.4) is 0 Å². The molecule has 0 saturated heterocycles. The topological polar surface area (TPSA) is 54.4 Å². The van der Waals surface area contributed by atoms with Crippen LogP contribution in [0.15, 0.2) is 46.2 Å². The molecule has 1 aromatic carbocycles. The second kappa shape index (κ2) is 4.86. The lowest BCUT2D eigenvalue weighted by Gasteiger charge is -2.30. The van der Waals surface area contributed by atoms with Gasteiger partial charge in [0.05, 0.1) is 15.9 Å². The zero-order valence-electron chi connectivity index (χ0n) is 10.6. The molecule has 2 rings (SSSR count). The van der Waals surface area contributed by atoms with Crippen LogP contribution >= 0.6 is 0 Å². The third-order valence-electron chi connectivity index (χ3n) is 3.60. The van der Waals surface area contributed by atoms with E-state index in [9.17, 15) is 13.5 Å². The Balaban J connectivity index is 2.43. The highest BCUT2D eigenvalue weighted by Gasteiger charge is 2.34. The third kappa shape index (κ3) is 2.22. The van der Waals surface area contributed by atoms with Crippen molar-refractivity contribution in [2.75, 3.05) is 0 Å². The quantitative estimate of drug-likeness (QED) is 0.894. The predicted octanol–water partition coefficient (Wildman–Crippen LogP) is 2.38. The van der Waals surface area contributed by atoms with Crippen molar-refractivity contribution in [2.45, 2.75) is 31.3 Å². The molecule has 1 aliphatic carbocycles. The van der Waals surface area contributed by atoms with Gasteiger partial charge >= 0.3 is 0 Å². The molecular weight excluding hydrogens is 248 g/mol. The zero-order valence-corrected chi connectivity index (χ0v) is 11.4. The molecule has 3 atom stereocenters. The zero-order chi connectivity index (χ0) is 13.3. The average Bonchev–Trinajstić information content (AvgIpc) is 2.37. The van der Waals surface area contributed by atoms with Crippen molar-refractivity contribution in [1.82, 2.24) is 0 Å². The summed E-state index contributed by atoms with van der Waals surface area (Å²) in [5.41, 5.74) is 0. The normalized spacial score (nSPS) is 28.8. The van der Waals surface area contributed by atoms with E-state index in [1.54, 1.807) is 43.3 Å². The molecule has 0 aromatic heterocycles. The molecule has 0 radical (unpaired) electrons. The van der Waals surface area contributed by atoms with E-state index in [4.69, 9.17) is 0 Å². The number of aliphatic hydroxyl groups excluding tert-OH is 1. The predicted molar refractivity (Wildman–Crippen MR) is 70.7 cm³/mol. The Bertz CT molecular complexity index is 546. The molecule has 0 unspecified atom stereocenters. The third-order valence-corrected chi connectivity index (χ3v) is 5.65. The van der Waals surface area contributed by atoms with Gasteiger partial charge in [0.2, 0.25) is 9.84 Å². The summed E-state index contributed by atoms with van der Waals surface area (Å²) in [6.07, 6.45) is 1.76. The van der Waals surface area contributed by atoms with Crippen LogP contribution < -0.4 is 0 Å². The Hall–Kier alpha value is -1.13. The van der Waals surface area contributed by atoms with E-state index >= 15 is 0 Å². The van der Waals surface area contributed by atoms with Gasteiger partial charge in [-0.1, -0.05) is 38.1 Å². The molecule has 0 spiro atoms. The molecule has 0 bridgehead atoms. The summed E-state index contributed by atoms with van der Waals surface area (Å²) in [6, 6.07) is 8.38. The maximum Gasteiger partial charge on any atom is 0.202 e. The lowest BCUT2D eigenvalue weighted by atomic mass is 9.86. The second-order valence-electron chi connectivity index (χ2n) is 4.92. The molecule has 1 aliphatic rings. The van der Waals surface area contributed by atoms with E-state index in [2.05, 4.69) is 0 Å². The van der Waals surface area contributed by atoms with Gasteiger partial charge in [-0.3, -0.25) is 0 Å². The van der Waals surface area contributed by atoms with Gasteiger partial charge in [0, 0.05) is 5.92 Å². The van der Waals surface area contributed by atoms with Crippen molar-refractivity contribution in [1.29, 1.82) is 0 Å². The molecule has 0 heterocycles. The highest BCUT2D eigenvalue weighted by atomic mass is 32.2. The summed E-state index contributed by atoms with van der Waals surface area (Å²) >= 11 is 0. The minimum atomic E-state index is -3.47. The first-order chi connectivity index (χ1) is 8.44. The summed E-state index contributed by atoms with van der Waals surface area (Å²) in [7, 11) is -3.47. The molecule has 1 aromatic rings. The van der Waals surface area contributed by atoms with E-state index in [1.165, 1.54) is 0 Å². The van der Waals surface area contributed by atoms with Crippen molar-refractivity contribution in [3.05, 3.63) is 41.3 Å². The molecule has 3 nitrogen and oxygen atoms in total. The highest BCUT2D eigenvalue weighted by Crippen LogP contribution is 2.35. The summed E-state index contributed by atoms with van der Waals surface area (Å²) in [5, 5.41) is 10.0. The Morgan fingerprint density at radius 3 is 2.39 bits per heavy atom. The van der Waals surface area contributed by atoms with Crippen LogP contribution in [-0.4, -0.2) is 19.6 Å². The fraction of sp³-hybridized carbons (Fsp3) is 0.429. The Morgan fingerprint density at radius 2 is 1.78 bits per heavy atom. The van der Waals surface area contributed by atoms with Crippen LogP contribution in [0.25, 0.3) is 0 Å². The molecule has 18 heavy (non-hydrogen) atoms. The van der Waals surface area contributed by atoms with Crippen LogP contribution in [0.1, 0.15) is 20.3 Å². The van der Waals surface area contributed by atoms with Gasteiger partial charge in [0.15, 0.2) is 0 Å². The minimum Gasteiger partial charge on any atom is -0.392 e. The number of aliphatic hydroxyl groups is 1. The Kier molecular flexibility index (Phi) is 3.59. The summed E-state index contributed by atoms with van der Waals surface area (Å²) in [5.74, 6) is -0.242. The van der Waals surface area contributed by atoms with Gasteiger partial charge in [-0.2, -0.15) is 0 Å². The molecule has 1 N–H and O–H groups in total. The molecular formula is C14H18O3S. The molecule has 0 aliphatic heterocycles. The van der Waals surface area contributed by atoms with Crippen LogP contribution in [0.5, 0.6) is 0 Å². The Labute approximate surface area is 108 Å². The summed E-state index contributed by atoms with van der Waals surface area (Å²) < 4.78 is 24.9. The SMILES string of the molecule is C[C@H]1CC=C(S(=O)(=O)c2ccccc2)[C@H](C)[C@@H]1O. The van der Waals surface area contributed by atoms with Crippen molar-refractivity contribution < 1.29 is 13.5 Å². The maximum absolute atomic E-state index is 12.5. The van der Waals surface area contributed by atoms with E-state index in [-0.39, 0.29) is 11.8 Å². The number of allylic oxidation sites excluding steroid dienone is 1. The smallest absolute Gasteiger partial charge is 0.202 e. The first-order valence-corrected chi connectivity index (χ1v) is 7.61. The van der Waals surface area contributed by atoms with Crippen LogP contribution in [0.4, 0.5) is 0 Å². The van der Waals surface area contributed by atoms with Crippen molar-refractivity contribution in [3.8, 4) is 0 Å². The molecule has 0 amide bonds. The standard InChI is InChI=1S/C14H18O3S/c1-10-8-9-13(11(2)14(10)15)18(16,17)12-6-4-3-5-7-12/h3-7,9-11,14-15H,8H2,1-2H3/t10-,11-,14+/m0/s1. The van der Waals surface area contributed by atoms with Gasteiger partial charge < -0.3 is 5.11 Å². The number of hydrogen-bond donors (Lipinski definition) is 1. The second-order valence-corrected chi connectivity index (χ2v) is 6.86. The van der Waals surface area contributed by atoms with Crippen molar-refractivity contribution in [2.24, 2.45) is 11.8 Å². The number of sulfone groups is 1. The fourth-order valence-electron chi connectivity index (χ4n) is 2.38. The average molecular weight is 266 g/mol. The van der Waals surface area contributed by atoms with Gasteiger partial charge in [-0.15, -0.1) is 0 Å². The number of rotatable bonds is 2. The lowest BCUT2D eigenvalue weighted by molar-refractivity contribution is 0.0758. The molecule has 0 fully saturated rings. The summed E-state index contributed by atoms with van der Waals surface area (Å²) in [4.78, 5) is 0.643. The minimum absolute atomic E-state index is 0.106. The van der Waals surface area contributed by atoms with E-state index < -0.39 is 15.9 Å². The maximum atomic E-state index is 12.5. The monoisotopic (exact) mass is 266 g/mol. The van der Waals surface area contributed by atoms with Crippen LogP contribution in [-0.2, 0) is 9.84 Å². The molecule has 0 saturated carbocycles. The van der Waals surface area contributed by atoms with Crippen molar-refractivity contribution in [3.63, 3.8) is 0 Å². The van der Waals surface area contributed by atoms with Gasteiger partial charge in [0.25, 0.3) is 0 Å². The highest BCUT2D eigenvalue weighted by molar-refractivity contribution is 7.95. The lowest BCUT2D eigenvalue weighted by Crippen LogP contribution is -2.32. The fourth-order valence-corrected chi connectivity index (χ4v) is 4.11. The Morgan fingerprint density at radius 1 is 1.17 bits per heavy atom. The van der Waals surface area contributed by atoms with E-state index in [0.717, 1.165) is 0 Å². The van der Waals surface area contributed by atoms with Gasteiger partial charge in [0.1, 0.15) is 0 Å². The van der Waals surface area contributed by atoms with Crippen molar-refractivity contribution >= 4 is 9.84 Å². The van der Waals surface area contributed by atoms with Crippen LogP contribution in [0, 0.1) is 11.8 Å². The van der Waals surface area contributed by atoms with Gasteiger partial charge in [-0.05, 0) is 24.5 Å². The molecule has 98 valence electrons. The number of benzene rings is 1. The van der Waals surface area contributed by atoms with Crippen LogP contribution in [0.2, 0.25) is 0 Å². The van der Waals surface area contributed by atoms with Gasteiger partial charge in [-0.25, -0.2) is 8.42 Å². The first kappa shape index (κ1) is 13.3. The summed E-state index contributed by atoms with van der Waals surface area (Å²) in [6.45, 7) is 3.70. The molecule has 4 heteroatoms. The largest absolute Gasteiger partial charge is 0.392 e. The van der Waals surface area contributed by atoms with E-state index in [1.807, 2.05) is 6.92 Å².